The van der Waals surface area contributed by atoms with Gasteiger partial charge in [0.05, 0.1) is 28.5 Å². The van der Waals surface area contributed by atoms with E-state index in [1.54, 1.807) is 36.4 Å². The van der Waals surface area contributed by atoms with Crippen molar-refractivity contribution in [3.8, 4) is 23.2 Å². The molecular formula is C29H20N8O3. The number of para-hydroxylation sites is 1. The lowest BCUT2D eigenvalue weighted by Gasteiger charge is -2.09. The number of nitrogens with one attached hydrogen (secondary N) is 4. The molecule has 0 saturated carbocycles. The average molecular weight is 529 g/mol. The summed E-state index contributed by atoms with van der Waals surface area (Å²) >= 11 is 0. The topological polar surface area (TPSA) is 161 Å². The van der Waals surface area contributed by atoms with Crippen LogP contribution in [-0.2, 0) is 4.79 Å². The maximum atomic E-state index is 13.2. The van der Waals surface area contributed by atoms with Gasteiger partial charge in [0.15, 0.2) is 6.61 Å². The molecule has 0 aliphatic carbocycles. The minimum atomic E-state index is -0.428. The second-order valence-corrected chi connectivity index (χ2v) is 8.86. The van der Waals surface area contributed by atoms with Gasteiger partial charge in [0.25, 0.3) is 11.8 Å². The number of hydrogen-bond acceptors (Lipinski definition) is 7. The summed E-state index contributed by atoms with van der Waals surface area (Å²) in [6.07, 6.45) is 0. The number of tetrazole rings is 1. The summed E-state index contributed by atoms with van der Waals surface area (Å²) < 4.78 is 5.70. The quantitative estimate of drug-likeness (QED) is 0.235. The number of carbonyl (C=O) groups excluding carboxylic acids is 2. The highest BCUT2D eigenvalue weighted by atomic mass is 16.5. The van der Waals surface area contributed by atoms with Crippen molar-refractivity contribution >= 4 is 44.9 Å². The molecule has 0 spiro atoms. The molecule has 2 aromatic heterocycles. The van der Waals surface area contributed by atoms with Crippen LogP contribution in [0.15, 0.2) is 84.9 Å². The Hall–Kier alpha value is -6.02. The Bertz CT molecular complexity index is 1920. The number of aromatic amines is 2. The van der Waals surface area contributed by atoms with E-state index in [1.165, 1.54) is 0 Å². The maximum Gasteiger partial charge on any atom is 0.272 e. The molecule has 0 fully saturated rings. The van der Waals surface area contributed by atoms with Gasteiger partial charge in [0.1, 0.15) is 11.4 Å². The number of H-pyrrole nitrogens is 2. The number of hydrogen-bond donors (Lipinski definition) is 4. The van der Waals surface area contributed by atoms with E-state index >= 15 is 0 Å². The average Bonchev–Trinajstić information content (AvgIpc) is 3.67. The van der Waals surface area contributed by atoms with E-state index in [0.717, 1.165) is 16.2 Å². The molecule has 194 valence electrons. The van der Waals surface area contributed by atoms with Crippen LogP contribution in [0, 0.1) is 11.3 Å². The van der Waals surface area contributed by atoms with Crippen LogP contribution in [-0.4, -0.2) is 44.0 Å². The van der Waals surface area contributed by atoms with Crippen molar-refractivity contribution in [1.29, 1.82) is 5.26 Å². The summed E-state index contributed by atoms with van der Waals surface area (Å²) in [6.45, 7) is -0.180. The van der Waals surface area contributed by atoms with Crippen molar-refractivity contribution in [2.24, 2.45) is 0 Å². The zero-order chi connectivity index (χ0) is 27.5. The first-order valence-corrected chi connectivity index (χ1v) is 12.2. The van der Waals surface area contributed by atoms with Gasteiger partial charge in [-0.15, -0.1) is 10.2 Å². The van der Waals surface area contributed by atoms with Crippen molar-refractivity contribution in [2.45, 2.75) is 0 Å². The van der Waals surface area contributed by atoms with Crippen molar-refractivity contribution in [1.82, 2.24) is 25.6 Å². The standard InChI is InChI=1S/C29H20N8O3/c30-15-17-8-11-23(22(12-17)28-34-36-37-35-28)33-29(39)25-14-20-6-3-7-24(27(20)32-25)31-26(38)16-40-21-10-9-18-4-1-2-5-19(18)13-21/h1-14,32H,16H2,(H,31,38)(H,33,39)(H,34,35,36,37). The molecule has 0 bridgehead atoms. The van der Waals surface area contributed by atoms with Gasteiger partial charge in [0, 0.05) is 10.9 Å². The second-order valence-electron chi connectivity index (χ2n) is 8.86. The molecule has 0 unspecified atom stereocenters. The Kier molecular flexibility index (Phi) is 6.32. The molecule has 6 aromatic rings. The van der Waals surface area contributed by atoms with Crippen LogP contribution in [0.5, 0.6) is 5.75 Å². The molecule has 11 nitrogen and oxygen atoms in total. The monoisotopic (exact) mass is 528 g/mol. The van der Waals surface area contributed by atoms with Gasteiger partial charge in [0.2, 0.25) is 5.82 Å². The number of amides is 2. The van der Waals surface area contributed by atoms with Gasteiger partial charge in [-0.1, -0.05) is 42.5 Å². The molecule has 4 N–H and O–H groups in total. The van der Waals surface area contributed by atoms with Crippen molar-refractivity contribution in [3.05, 3.63) is 96.2 Å². The lowest BCUT2D eigenvalue weighted by atomic mass is 10.1. The number of nitriles is 1. The molecule has 0 atom stereocenters. The third-order valence-electron chi connectivity index (χ3n) is 6.25. The van der Waals surface area contributed by atoms with Gasteiger partial charge in [-0.05, 0) is 58.5 Å². The second kappa shape index (κ2) is 10.4. The molecule has 0 aliphatic rings. The minimum absolute atomic E-state index is 0.180. The van der Waals surface area contributed by atoms with Crippen LogP contribution in [0.25, 0.3) is 33.1 Å². The molecular weight excluding hydrogens is 508 g/mol. The van der Waals surface area contributed by atoms with E-state index < -0.39 is 5.91 Å². The van der Waals surface area contributed by atoms with E-state index in [-0.39, 0.29) is 24.0 Å². The van der Waals surface area contributed by atoms with E-state index in [4.69, 9.17) is 4.74 Å². The fourth-order valence-corrected chi connectivity index (χ4v) is 4.35. The number of nitrogens with zero attached hydrogens (tertiary/aromatic N) is 4. The number of anilines is 2. The summed E-state index contributed by atoms with van der Waals surface area (Å²) in [4.78, 5) is 29.0. The summed E-state index contributed by atoms with van der Waals surface area (Å²) in [5.41, 5.74) is 2.60. The maximum absolute atomic E-state index is 13.2. The van der Waals surface area contributed by atoms with Crippen LogP contribution in [0.2, 0.25) is 0 Å². The van der Waals surface area contributed by atoms with Gasteiger partial charge in [-0.3, -0.25) is 9.59 Å². The number of ether oxygens (including phenoxy) is 1. The lowest BCUT2D eigenvalue weighted by Crippen LogP contribution is -2.20. The molecule has 11 heteroatoms. The Morgan fingerprint density at radius 1 is 0.875 bits per heavy atom. The number of aromatic nitrogens is 5. The fraction of sp³-hybridized carbons (Fsp3) is 0.0345. The Morgan fingerprint density at radius 2 is 1.73 bits per heavy atom. The van der Waals surface area contributed by atoms with Crippen LogP contribution in [0.1, 0.15) is 16.1 Å². The first kappa shape index (κ1) is 24.3. The van der Waals surface area contributed by atoms with Crippen LogP contribution in [0.3, 0.4) is 0 Å². The van der Waals surface area contributed by atoms with E-state index in [2.05, 4.69) is 42.3 Å². The van der Waals surface area contributed by atoms with Gasteiger partial charge < -0.3 is 20.4 Å². The highest BCUT2D eigenvalue weighted by Gasteiger charge is 2.17. The number of benzene rings is 4. The first-order valence-electron chi connectivity index (χ1n) is 12.2. The number of carbonyl (C=O) groups is 2. The molecule has 6 rings (SSSR count). The molecule has 40 heavy (non-hydrogen) atoms. The Morgan fingerprint density at radius 3 is 2.55 bits per heavy atom. The summed E-state index contributed by atoms with van der Waals surface area (Å²) in [7, 11) is 0. The Balaban J connectivity index is 1.18. The highest BCUT2D eigenvalue weighted by Crippen LogP contribution is 2.28. The zero-order valence-corrected chi connectivity index (χ0v) is 20.8. The predicted octanol–water partition coefficient (Wildman–Crippen LogP) is 4.64. The first-order chi connectivity index (χ1) is 19.6. The highest BCUT2D eigenvalue weighted by molar-refractivity contribution is 6.09. The molecule has 2 heterocycles. The summed E-state index contributed by atoms with van der Waals surface area (Å²) in [6, 6.07) is 27.4. The normalized spacial score (nSPS) is 10.8. The third-order valence-corrected chi connectivity index (χ3v) is 6.25. The van der Waals surface area contributed by atoms with Crippen molar-refractivity contribution < 1.29 is 14.3 Å². The van der Waals surface area contributed by atoms with E-state index in [9.17, 15) is 14.9 Å². The summed E-state index contributed by atoms with van der Waals surface area (Å²) in [5, 5.41) is 31.6. The van der Waals surface area contributed by atoms with Gasteiger partial charge in [-0.25, -0.2) is 0 Å². The van der Waals surface area contributed by atoms with Crippen molar-refractivity contribution in [2.75, 3.05) is 17.2 Å². The Labute approximate surface area is 226 Å². The molecule has 0 saturated heterocycles. The van der Waals surface area contributed by atoms with Crippen LogP contribution >= 0.6 is 0 Å². The lowest BCUT2D eigenvalue weighted by molar-refractivity contribution is -0.118. The predicted molar refractivity (Wildman–Crippen MR) is 149 cm³/mol. The van der Waals surface area contributed by atoms with Crippen molar-refractivity contribution in [3.63, 3.8) is 0 Å². The molecule has 0 radical (unpaired) electrons. The number of rotatable bonds is 7. The fourth-order valence-electron chi connectivity index (χ4n) is 4.35. The van der Waals surface area contributed by atoms with Crippen LogP contribution in [0.4, 0.5) is 11.4 Å². The van der Waals surface area contributed by atoms with E-state index in [0.29, 0.717) is 33.8 Å². The minimum Gasteiger partial charge on any atom is -0.484 e. The van der Waals surface area contributed by atoms with Gasteiger partial charge >= 0.3 is 0 Å². The smallest absolute Gasteiger partial charge is 0.272 e. The number of fused-ring (bicyclic) bond motifs is 2. The van der Waals surface area contributed by atoms with Crippen LogP contribution < -0.4 is 15.4 Å². The molecule has 4 aromatic carbocycles. The third kappa shape index (κ3) is 4.92. The largest absolute Gasteiger partial charge is 0.484 e. The molecule has 2 amide bonds. The van der Waals surface area contributed by atoms with Gasteiger partial charge in [-0.2, -0.15) is 10.5 Å². The van der Waals surface area contributed by atoms with E-state index in [1.807, 2.05) is 48.5 Å². The molecule has 0 aliphatic heterocycles. The SMILES string of the molecule is N#Cc1ccc(NC(=O)c2cc3cccc(NC(=O)COc4ccc5ccccc5c4)c3[nH]2)c(-c2nn[nH]n2)c1. The zero-order valence-electron chi connectivity index (χ0n) is 20.8. The summed E-state index contributed by atoms with van der Waals surface area (Å²) in [5.74, 6) is 0.0556.